The highest BCUT2D eigenvalue weighted by molar-refractivity contribution is 7.99. The zero-order valence-electron chi connectivity index (χ0n) is 30.3. The van der Waals surface area contributed by atoms with Crippen LogP contribution in [0.3, 0.4) is 0 Å². The second-order valence-electron chi connectivity index (χ2n) is 7.94. The molecule has 1 aromatic carbocycles. The third kappa shape index (κ3) is 4.92. The summed E-state index contributed by atoms with van der Waals surface area (Å²) in [6, 6.07) is -6.60. The number of aliphatic hydroxyl groups excluding tert-OH is 1. The molecule has 0 radical (unpaired) electrons. The fourth-order valence-corrected chi connectivity index (χ4v) is 4.12. The Morgan fingerprint density at radius 3 is 2.94 bits per heavy atom. The number of nitrogens with zero attached hydrogens (tertiary/aromatic N) is 5. The number of hydrogen-bond acceptors (Lipinski definition) is 10. The molecule has 0 bridgehead atoms. The first-order valence-corrected chi connectivity index (χ1v) is 12.1. The molecule has 2 heterocycles. The van der Waals surface area contributed by atoms with Crippen LogP contribution >= 0.6 is 11.8 Å². The van der Waals surface area contributed by atoms with Crippen LogP contribution in [0.15, 0.2) is 23.3 Å². The number of fused-ring (bicyclic) bond motifs is 1. The van der Waals surface area contributed by atoms with E-state index < -0.39 is 91.8 Å². The number of rotatable bonds is 10. The van der Waals surface area contributed by atoms with E-state index in [0.29, 0.717) is 16.9 Å². The lowest BCUT2D eigenvalue weighted by Gasteiger charge is -2.17. The zero-order valence-corrected chi connectivity index (χ0v) is 20.1. The van der Waals surface area contributed by atoms with Gasteiger partial charge in [-0.2, -0.15) is 0 Å². The van der Waals surface area contributed by atoms with Crippen molar-refractivity contribution in [2.75, 3.05) is 24.3 Å². The molecule has 5 rings (SSSR count). The van der Waals surface area contributed by atoms with Gasteiger partial charge in [-0.1, -0.05) is 36.0 Å². The number of halogens is 1. The standard InChI is InChI=1S/C24H31FN6O4S/c1-3-8-36-24-27-22(26-16-10-14(16)13-5-4-12(2)15(25)9-13)19-23(28-24)31(30-29-19)17-11-18(35-7-6-32)21(34)20(17)33/h4-5,9,14,16-18,20-21,32-34H,3,6-8,10-11H2,1-2H3,(H,26,27,28)/t14-,16+,17+,18-,20-,21+/m0/s1/i4D,5D,9D,10D2,11D2,17D,18D,20D,21D. The van der Waals surface area contributed by atoms with Crippen molar-refractivity contribution in [3.05, 3.63) is 35.1 Å². The Morgan fingerprint density at radius 2 is 2.17 bits per heavy atom. The van der Waals surface area contributed by atoms with E-state index in [9.17, 15) is 19.7 Å². The van der Waals surface area contributed by atoms with Gasteiger partial charge in [-0.25, -0.2) is 19.0 Å². The molecular formula is C24H31FN6O4S. The number of anilines is 1. The lowest BCUT2D eigenvalue weighted by molar-refractivity contribution is -0.0629. The van der Waals surface area contributed by atoms with Gasteiger partial charge in [-0.05, 0) is 36.9 Å². The number of aromatic nitrogens is 5. The van der Waals surface area contributed by atoms with Gasteiger partial charge in [0.1, 0.15) is 18.0 Å². The van der Waals surface area contributed by atoms with Crippen molar-refractivity contribution in [1.29, 1.82) is 0 Å². The van der Waals surface area contributed by atoms with Crippen LogP contribution in [-0.2, 0) is 4.74 Å². The van der Waals surface area contributed by atoms with E-state index in [1.165, 1.54) is 6.92 Å². The predicted molar refractivity (Wildman–Crippen MR) is 133 cm³/mol. The van der Waals surface area contributed by atoms with Crippen molar-refractivity contribution in [1.82, 2.24) is 25.0 Å². The van der Waals surface area contributed by atoms with E-state index in [1.807, 2.05) is 6.92 Å². The molecule has 3 aromatic rings. The quantitative estimate of drug-likeness (QED) is 0.228. The van der Waals surface area contributed by atoms with Crippen LogP contribution in [0.5, 0.6) is 0 Å². The predicted octanol–water partition coefficient (Wildman–Crippen LogP) is 2.18. The highest BCUT2D eigenvalue weighted by Crippen LogP contribution is 2.44. The fraction of sp³-hybridized carbons (Fsp3) is 0.583. The third-order valence-corrected chi connectivity index (χ3v) is 6.36. The number of benzene rings is 1. The Bertz CT molecular complexity index is 1720. The van der Waals surface area contributed by atoms with E-state index >= 15 is 0 Å². The minimum Gasteiger partial charge on any atom is -0.394 e. The number of ether oxygens (including phenoxy) is 1. The third-order valence-electron chi connectivity index (χ3n) is 5.31. The maximum Gasteiger partial charge on any atom is 0.191 e. The summed E-state index contributed by atoms with van der Waals surface area (Å²) in [5.74, 6) is -2.18. The molecule has 0 unspecified atom stereocenters. The Labute approximate surface area is 227 Å². The lowest BCUT2D eigenvalue weighted by Crippen LogP contribution is -2.33. The van der Waals surface area contributed by atoms with Gasteiger partial charge in [0.2, 0.25) is 0 Å². The molecule has 0 saturated heterocycles. The summed E-state index contributed by atoms with van der Waals surface area (Å²) in [4.78, 5) is 8.62. The summed E-state index contributed by atoms with van der Waals surface area (Å²) in [5, 5.41) is 41.7. The van der Waals surface area contributed by atoms with Crippen molar-refractivity contribution < 1.29 is 39.5 Å². The van der Waals surface area contributed by atoms with E-state index in [2.05, 4.69) is 25.6 Å². The smallest absolute Gasteiger partial charge is 0.191 e. The summed E-state index contributed by atoms with van der Waals surface area (Å²) in [6.07, 6.45) is -16.5. The normalized spacial score (nSPS) is 43.0. The van der Waals surface area contributed by atoms with Crippen LogP contribution in [-0.4, -0.2) is 83.5 Å². The van der Waals surface area contributed by atoms with Crippen LogP contribution in [0.2, 0.25) is 0 Å². The first kappa shape index (κ1) is 15.1. The largest absolute Gasteiger partial charge is 0.394 e. The van der Waals surface area contributed by atoms with Gasteiger partial charge in [-0.3, -0.25) is 0 Å². The SMILES string of the molecule is [2H]c1c([2H])c([C@H]2[C@H](Nc3nc(SCCC)nc4c3nnn4[C@]3([2H])C([2H])([2H])[C@]([2H])(OCCO)[C@@]([2H])(O)[C@@]3([2H])O)C2([2H])[2H])c([2H])c(F)c1C. The molecule has 36 heavy (non-hydrogen) atoms. The Morgan fingerprint density at radius 1 is 1.33 bits per heavy atom. The van der Waals surface area contributed by atoms with Crippen LogP contribution in [0, 0.1) is 12.7 Å². The summed E-state index contributed by atoms with van der Waals surface area (Å²) in [7, 11) is 0. The summed E-state index contributed by atoms with van der Waals surface area (Å²) in [6.45, 7) is 1.48. The first-order valence-electron chi connectivity index (χ1n) is 16.6. The number of nitrogens with one attached hydrogen (secondary N) is 1. The topological polar surface area (TPSA) is 138 Å². The molecule has 2 fully saturated rings. The van der Waals surface area contributed by atoms with E-state index in [-0.39, 0.29) is 27.6 Å². The van der Waals surface area contributed by atoms with Crippen molar-refractivity contribution in [2.45, 2.75) is 74.4 Å². The minimum absolute atomic E-state index is 0.0502. The van der Waals surface area contributed by atoms with Crippen LogP contribution < -0.4 is 5.32 Å². The molecule has 194 valence electrons. The molecular weight excluding hydrogens is 487 g/mol. The number of aliphatic hydroxyl groups is 3. The van der Waals surface area contributed by atoms with Crippen LogP contribution in [0.25, 0.3) is 11.2 Å². The minimum atomic E-state index is -3.89. The Hall–Kier alpha value is -2.38. The molecule has 12 heteroatoms. The zero-order chi connectivity index (χ0) is 35.3. The van der Waals surface area contributed by atoms with Gasteiger partial charge < -0.3 is 25.4 Å². The van der Waals surface area contributed by atoms with Crippen molar-refractivity contribution in [3.8, 4) is 0 Å². The van der Waals surface area contributed by atoms with Gasteiger partial charge in [-0.15, -0.1) is 5.10 Å². The average molecular weight is 530 g/mol. The molecule has 4 N–H and O–H groups in total. The number of hydrogen-bond donors (Lipinski definition) is 4. The molecule has 0 spiro atoms. The van der Waals surface area contributed by atoms with E-state index in [0.717, 1.165) is 11.8 Å². The molecule has 10 nitrogen and oxygen atoms in total. The van der Waals surface area contributed by atoms with Gasteiger partial charge in [0.25, 0.3) is 0 Å². The maximum absolute atomic E-state index is 14.8. The summed E-state index contributed by atoms with van der Waals surface area (Å²) < 4.78 is 114. The second kappa shape index (κ2) is 10.5. The maximum atomic E-state index is 14.8. The molecule has 6 atom stereocenters. The lowest BCUT2D eigenvalue weighted by atomic mass is 10.1. The summed E-state index contributed by atoms with van der Waals surface area (Å²) >= 11 is 1.07. The van der Waals surface area contributed by atoms with Crippen molar-refractivity contribution in [2.24, 2.45) is 0 Å². The van der Waals surface area contributed by atoms with Crippen molar-refractivity contribution >= 4 is 28.7 Å². The molecule has 2 aliphatic carbocycles. The fourth-order valence-electron chi connectivity index (χ4n) is 3.43. The Kier molecular flexibility index (Phi) is 4.43. The van der Waals surface area contributed by atoms with E-state index in [4.69, 9.17) is 19.8 Å². The van der Waals surface area contributed by atoms with Gasteiger partial charge >= 0.3 is 0 Å². The second-order valence-corrected chi connectivity index (χ2v) is 9.00. The van der Waals surface area contributed by atoms with Crippen LogP contribution in [0.4, 0.5) is 10.2 Å². The van der Waals surface area contributed by atoms with Crippen LogP contribution in [0.1, 0.15) is 64.2 Å². The highest BCUT2D eigenvalue weighted by atomic mass is 32.2. The first-order chi connectivity index (χ1) is 21.6. The van der Waals surface area contributed by atoms with Crippen molar-refractivity contribution in [3.63, 3.8) is 0 Å². The molecule has 2 saturated carbocycles. The van der Waals surface area contributed by atoms with Gasteiger partial charge in [0, 0.05) is 29.6 Å². The van der Waals surface area contributed by atoms with Gasteiger partial charge in [0.15, 0.2) is 22.1 Å². The Balaban J connectivity index is 1.67. The number of thioether (sulfide) groups is 1. The molecule has 0 aliphatic heterocycles. The van der Waals surface area contributed by atoms with Gasteiger partial charge in [0.05, 0.1) is 34.9 Å². The highest BCUT2D eigenvalue weighted by Gasteiger charge is 2.45. The average Bonchev–Trinajstić information content (AvgIpc) is 3.28. The molecule has 0 amide bonds. The summed E-state index contributed by atoms with van der Waals surface area (Å²) in [5.41, 5.74) is -1.46. The van der Waals surface area contributed by atoms with E-state index in [1.54, 1.807) is 0 Å². The monoisotopic (exact) mass is 529 g/mol. The molecule has 2 aliphatic rings. The molecule has 2 aromatic heterocycles.